The Labute approximate surface area is 141 Å². The van der Waals surface area contributed by atoms with Crippen molar-refractivity contribution in [2.24, 2.45) is 0 Å². The minimum atomic E-state index is -1.09. The van der Waals surface area contributed by atoms with E-state index in [1.807, 2.05) is 38.4 Å². The molecule has 0 atom stereocenters. The molecule has 0 fully saturated rings. The third kappa shape index (κ3) is 5.40. The van der Waals surface area contributed by atoms with Gasteiger partial charge >= 0.3 is 6.09 Å². The van der Waals surface area contributed by atoms with Crippen LogP contribution in [0.5, 0.6) is 0 Å². The molecule has 0 spiro atoms. The van der Waals surface area contributed by atoms with E-state index in [9.17, 15) is 9.59 Å². The van der Waals surface area contributed by atoms with Gasteiger partial charge in [0.15, 0.2) is 0 Å². The maximum absolute atomic E-state index is 12.3. The number of rotatable bonds is 6. The van der Waals surface area contributed by atoms with Gasteiger partial charge < -0.3 is 20.6 Å². The zero-order valence-corrected chi connectivity index (χ0v) is 13.7. The molecule has 2 amide bonds. The molecule has 0 bridgehead atoms. The Morgan fingerprint density at radius 2 is 1.75 bits per heavy atom. The van der Waals surface area contributed by atoms with Crippen LogP contribution in [0.4, 0.5) is 10.5 Å². The lowest BCUT2D eigenvalue weighted by Gasteiger charge is -2.11. The van der Waals surface area contributed by atoms with Crippen molar-refractivity contribution in [1.82, 2.24) is 10.2 Å². The van der Waals surface area contributed by atoms with E-state index in [4.69, 9.17) is 5.11 Å². The first-order valence-electron chi connectivity index (χ1n) is 7.55. The number of anilines is 1. The topological polar surface area (TPSA) is 81.7 Å². The normalized spacial score (nSPS) is 10.5. The van der Waals surface area contributed by atoms with Crippen LogP contribution in [0.15, 0.2) is 48.5 Å². The quantitative estimate of drug-likeness (QED) is 0.762. The summed E-state index contributed by atoms with van der Waals surface area (Å²) in [5, 5.41) is 13.8. The fourth-order valence-corrected chi connectivity index (χ4v) is 2.26. The summed E-state index contributed by atoms with van der Waals surface area (Å²) in [4.78, 5) is 24.9. The van der Waals surface area contributed by atoms with Gasteiger partial charge in [-0.15, -0.1) is 0 Å². The van der Waals surface area contributed by atoms with Gasteiger partial charge in [0.05, 0.1) is 0 Å². The molecule has 2 rings (SSSR count). The predicted molar refractivity (Wildman–Crippen MR) is 93.1 cm³/mol. The number of nitrogens with zero attached hydrogens (tertiary/aromatic N) is 1. The molecule has 0 aromatic heterocycles. The first kappa shape index (κ1) is 17.5. The predicted octanol–water partition coefficient (Wildman–Crippen LogP) is 2.77. The monoisotopic (exact) mass is 327 g/mol. The summed E-state index contributed by atoms with van der Waals surface area (Å²) in [6.45, 7) is 1.00. The van der Waals surface area contributed by atoms with E-state index < -0.39 is 6.09 Å². The Morgan fingerprint density at radius 1 is 1.04 bits per heavy atom. The molecule has 0 saturated heterocycles. The molecule has 126 valence electrons. The second-order valence-corrected chi connectivity index (χ2v) is 5.75. The van der Waals surface area contributed by atoms with Crippen LogP contribution in [0, 0.1) is 0 Å². The molecular weight excluding hydrogens is 306 g/mol. The second-order valence-electron chi connectivity index (χ2n) is 5.75. The van der Waals surface area contributed by atoms with E-state index >= 15 is 0 Å². The molecule has 0 aliphatic rings. The van der Waals surface area contributed by atoms with E-state index in [2.05, 4.69) is 15.5 Å². The van der Waals surface area contributed by atoms with Crippen molar-refractivity contribution in [2.45, 2.75) is 13.1 Å². The van der Waals surface area contributed by atoms with E-state index in [1.165, 1.54) is 5.56 Å². The third-order valence-electron chi connectivity index (χ3n) is 3.34. The summed E-state index contributed by atoms with van der Waals surface area (Å²) >= 11 is 0. The molecule has 6 heteroatoms. The number of nitrogens with one attached hydrogen (secondary N) is 2. The number of benzene rings is 2. The van der Waals surface area contributed by atoms with Crippen LogP contribution in [0.1, 0.15) is 21.5 Å². The van der Waals surface area contributed by atoms with Crippen molar-refractivity contribution in [1.29, 1.82) is 0 Å². The zero-order chi connectivity index (χ0) is 17.5. The van der Waals surface area contributed by atoms with E-state index in [0.717, 1.165) is 17.8 Å². The Balaban J connectivity index is 2.01. The van der Waals surface area contributed by atoms with Crippen molar-refractivity contribution in [3.05, 3.63) is 65.2 Å². The van der Waals surface area contributed by atoms with Crippen molar-refractivity contribution < 1.29 is 14.7 Å². The minimum absolute atomic E-state index is 0.162. The summed E-state index contributed by atoms with van der Waals surface area (Å²) < 4.78 is 0. The summed E-state index contributed by atoms with van der Waals surface area (Å²) in [5.41, 5.74) is 3.10. The molecule has 0 radical (unpaired) electrons. The van der Waals surface area contributed by atoms with Crippen LogP contribution < -0.4 is 10.6 Å². The minimum Gasteiger partial charge on any atom is -0.465 e. The molecule has 0 saturated carbocycles. The van der Waals surface area contributed by atoms with Gasteiger partial charge in [0.2, 0.25) is 0 Å². The first-order chi connectivity index (χ1) is 11.4. The number of carbonyl (C=O) groups excluding carboxylic acids is 1. The standard InChI is InChI=1S/C18H21N3O3/c1-21(2)12-13-6-8-16(9-7-13)20-17(22)15-5-3-4-14(10-15)11-19-18(23)24/h3-10,19H,11-12H2,1-2H3,(H,20,22)(H,23,24). The second kappa shape index (κ2) is 8.12. The SMILES string of the molecule is CN(C)Cc1ccc(NC(=O)c2cccc(CNC(=O)O)c2)cc1. The van der Waals surface area contributed by atoms with Crippen LogP contribution in [0.25, 0.3) is 0 Å². The van der Waals surface area contributed by atoms with Gasteiger partial charge in [-0.2, -0.15) is 0 Å². The fraction of sp³-hybridized carbons (Fsp3) is 0.222. The van der Waals surface area contributed by atoms with Crippen molar-refractivity contribution >= 4 is 17.7 Å². The fourth-order valence-electron chi connectivity index (χ4n) is 2.26. The Morgan fingerprint density at radius 3 is 2.38 bits per heavy atom. The molecule has 0 aliphatic carbocycles. The molecular formula is C18H21N3O3. The van der Waals surface area contributed by atoms with Crippen LogP contribution in [-0.4, -0.2) is 36.1 Å². The molecule has 2 aromatic rings. The van der Waals surface area contributed by atoms with Crippen molar-refractivity contribution in [2.75, 3.05) is 19.4 Å². The van der Waals surface area contributed by atoms with Gasteiger partial charge in [0.25, 0.3) is 5.91 Å². The number of hydrogen-bond donors (Lipinski definition) is 3. The summed E-state index contributed by atoms with van der Waals surface area (Å²) in [6.07, 6.45) is -1.09. The smallest absolute Gasteiger partial charge is 0.404 e. The van der Waals surface area contributed by atoms with Gasteiger partial charge in [0, 0.05) is 24.3 Å². The molecule has 24 heavy (non-hydrogen) atoms. The van der Waals surface area contributed by atoms with E-state index in [-0.39, 0.29) is 12.5 Å². The molecule has 0 aliphatic heterocycles. The van der Waals surface area contributed by atoms with E-state index in [0.29, 0.717) is 5.56 Å². The lowest BCUT2D eigenvalue weighted by Crippen LogP contribution is -2.20. The summed E-state index contributed by atoms with van der Waals surface area (Å²) in [6, 6.07) is 14.5. The number of amides is 2. The van der Waals surface area contributed by atoms with Crippen LogP contribution in [0.2, 0.25) is 0 Å². The highest BCUT2D eigenvalue weighted by molar-refractivity contribution is 6.04. The largest absolute Gasteiger partial charge is 0.465 e. The Kier molecular flexibility index (Phi) is 5.92. The molecule has 6 nitrogen and oxygen atoms in total. The van der Waals surface area contributed by atoms with Gasteiger partial charge in [-0.1, -0.05) is 24.3 Å². The average molecular weight is 327 g/mol. The van der Waals surface area contributed by atoms with Crippen LogP contribution in [0.3, 0.4) is 0 Å². The molecule has 0 unspecified atom stereocenters. The number of carboxylic acid groups (broad SMARTS) is 1. The van der Waals surface area contributed by atoms with Gasteiger partial charge in [-0.05, 0) is 49.5 Å². The van der Waals surface area contributed by atoms with Gasteiger partial charge in [-0.3, -0.25) is 4.79 Å². The van der Waals surface area contributed by atoms with E-state index in [1.54, 1.807) is 24.3 Å². The van der Waals surface area contributed by atoms with Gasteiger partial charge in [-0.25, -0.2) is 4.79 Å². The Bertz CT molecular complexity index is 712. The highest BCUT2D eigenvalue weighted by Crippen LogP contribution is 2.13. The molecule has 3 N–H and O–H groups in total. The lowest BCUT2D eigenvalue weighted by atomic mass is 10.1. The highest BCUT2D eigenvalue weighted by Gasteiger charge is 2.07. The summed E-state index contributed by atoms with van der Waals surface area (Å²) in [5.74, 6) is -0.229. The zero-order valence-electron chi connectivity index (χ0n) is 13.7. The number of carbonyl (C=O) groups is 2. The maximum Gasteiger partial charge on any atom is 0.404 e. The lowest BCUT2D eigenvalue weighted by molar-refractivity contribution is 0.102. The molecule has 0 heterocycles. The third-order valence-corrected chi connectivity index (χ3v) is 3.34. The summed E-state index contributed by atoms with van der Waals surface area (Å²) in [7, 11) is 4.00. The van der Waals surface area contributed by atoms with Gasteiger partial charge in [0.1, 0.15) is 0 Å². The maximum atomic E-state index is 12.3. The van der Waals surface area contributed by atoms with Crippen molar-refractivity contribution in [3.63, 3.8) is 0 Å². The van der Waals surface area contributed by atoms with Crippen LogP contribution >= 0.6 is 0 Å². The Hall–Kier alpha value is -2.86. The number of hydrogen-bond acceptors (Lipinski definition) is 3. The van der Waals surface area contributed by atoms with Crippen molar-refractivity contribution in [3.8, 4) is 0 Å². The average Bonchev–Trinajstić information content (AvgIpc) is 2.54. The first-order valence-corrected chi connectivity index (χ1v) is 7.55. The molecule has 2 aromatic carbocycles. The highest BCUT2D eigenvalue weighted by atomic mass is 16.4. The van der Waals surface area contributed by atoms with Crippen LogP contribution in [-0.2, 0) is 13.1 Å².